The van der Waals surface area contributed by atoms with Crippen LogP contribution >= 0.6 is 0 Å². The van der Waals surface area contributed by atoms with E-state index in [-0.39, 0.29) is 0 Å². The molecule has 12 heavy (non-hydrogen) atoms. The molecule has 1 N–H and O–H groups in total. The van der Waals surface area contributed by atoms with Crippen molar-refractivity contribution >= 4 is 10.1 Å². The van der Waals surface area contributed by atoms with Gasteiger partial charge in [0, 0.05) is 0 Å². The molecule has 1 aliphatic carbocycles. The lowest BCUT2D eigenvalue weighted by atomic mass is 9.88. The van der Waals surface area contributed by atoms with Crippen LogP contribution in [-0.4, -0.2) is 17.7 Å². The highest BCUT2D eigenvalue weighted by Gasteiger charge is 2.40. The first-order chi connectivity index (χ1) is 5.52. The summed E-state index contributed by atoms with van der Waals surface area (Å²) in [5, 5.41) is 0. The highest BCUT2D eigenvalue weighted by Crippen LogP contribution is 2.35. The fraction of sp³-hybridized carbons (Fsp3) is 0.750. The Morgan fingerprint density at radius 2 is 1.75 bits per heavy atom. The Bertz CT molecular complexity index is 260. The minimum absolute atomic E-state index is 0.509. The molecule has 0 aliphatic heterocycles. The molecule has 0 heterocycles. The Hall–Kier alpha value is -0.350. The van der Waals surface area contributed by atoms with Gasteiger partial charge in [0.05, 0.1) is 0 Å². The minimum atomic E-state index is -3.96. The van der Waals surface area contributed by atoms with E-state index in [9.17, 15) is 8.42 Å². The van der Waals surface area contributed by atoms with Gasteiger partial charge in [0.25, 0.3) is 10.1 Å². The van der Waals surface area contributed by atoms with Crippen molar-refractivity contribution in [3.8, 4) is 0 Å². The molecular weight excluding hydrogens is 176 g/mol. The highest BCUT2D eigenvalue weighted by atomic mass is 32.2. The van der Waals surface area contributed by atoms with Crippen LogP contribution in [0.15, 0.2) is 12.7 Å². The van der Waals surface area contributed by atoms with E-state index in [0.717, 1.165) is 19.3 Å². The zero-order valence-electron chi connectivity index (χ0n) is 6.99. The largest absolute Gasteiger partial charge is 0.285 e. The van der Waals surface area contributed by atoms with Crippen molar-refractivity contribution in [3.05, 3.63) is 12.7 Å². The number of hydrogen-bond donors (Lipinski definition) is 1. The molecule has 1 fully saturated rings. The first kappa shape index (κ1) is 9.74. The van der Waals surface area contributed by atoms with Crippen LogP contribution in [0.3, 0.4) is 0 Å². The van der Waals surface area contributed by atoms with E-state index >= 15 is 0 Å². The Labute approximate surface area is 73.2 Å². The third kappa shape index (κ3) is 1.54. The monoisotopic (exact) mass is 190 g/mol. The molecule has 4 heteroatoms. The molecule has 0 aromatic heterocycles. The molecule has 0 atom stereocenters. The van der Waals surface area contributed by atoms with Crippen LogP contribution in [0.2, 0.25) is 0 Å². The second-order valence-electron chi connectivity index (χ2n) is 3.30. The topological polar surface area (TPSA) is 54.4 Å². The van der Waals surface area contributed by atoms with Crippen molar-refractivity contribution in [2.24, 2.45) is 0 Å². The predicted octanol–water partition coefficient (Wildman–Crippen LogP) is 1.76. The summed E-state index contributed by atoms with van der Waals surface area (Å²) in [7, 11) is -3.96. The van der Waals surface area contributed by atoms with E-state index in [2.05, 4.69) is 6.58 Å². The Balaban J connectivity index is 2.96. The molecular formula is C8H14O3S. The molecule has 0 saturated heterocycles. The summed E-state index contributed by atoms with van der Waals surface area (Å²) in [5.74, 6) is 0. The number of hydrogen-bond acceptors (Lipinski definition) is 2. The van der Waals surface area contributed by atoms with Gasteiger partial charge in [-0.25, -0.2) is 0 Å². The second-order valence-corrected chi connectivity index (χ2v) is 5.07. The molecule has 70 valence electrons. The second kappa shape index (κ2) is 3.18. The molecule has 0 spiro atoms. The van der Waals surface area contributed by atoms with Crippen LogP contribution in [0, 0.1) is 0 Å². The first-order valence-corrected chi connectivity index (χ1v) is 5.56. The van der Waals surface area contributed by atoms with Crippen LogP contribution in [-0.2, 0) is 10.1 Å². The average molecular weight is 190 g/mol. The standard InChI is InChI=1S/C8H14O3S/c1-2-8(12(9,10)11)6-4-3-5-7-8/h2H,1,3-7H2,(H,9,10,11). The summed E-state index contributed by atoms with van der Waals surface area (Å²) >= 11 is 0. The maximum atomic E-state index is 11.0. The van der Waals surface area contributed by atoms with E-state index in [1.54, 1.807) is 0 Å². The normalized spacial score (nSPS) is 23.4. The summed E-state index contributed by atoms with van der Waals surface area (Å²) in [6, 6.07) is 0. The molecule has 0 radical (unpaired) electrons. The van der Waals surface area contributed by atoms with Gasteiger partial charge in [-0.2, -0.15) is 8.42 Å². The van der Waals surface area contributed by atoms with Crippen molar-refractivity contribution in [1.29, 1.82) is 0 Å². The SMILES string of the molecule is C=CC1(S(=O)(=O)O)CCCCC1. The Morgan fingerprint density at radius 3 is 2.00 bits per heavy atom. The predicted molar refractivity (Wildman–Crippen MR) is 47.6 cm³/mol. The molecule has 1 rings (SSSR count). The van der Waals surface area contributed by atoms with Crippen LogP contribution < -0.4 is 0 Å². The van der Waals surface area contributed by atoms with Gasteiger partial charge in [-0.05, 0) is 12.8 Å². The summed E-state index contributed by atoms with van der Waals surface area (Å²) in [4.78, 5) is 0. The van der Waals surface area contributed by atoms with Crippen LogP contribution in [0.1, 0.15) is 32.1 Å². The lowest BCUT2D eigenvalue weighted by Gasteiger charge is -2.30. The highest BCUT2D eigenvalue weighted by molar-refractivity contribution is 7.87. The third-order valence-corrected chi connectivity index (χ3v) is 4.19. The van der Waals surface area contributed by atoms with Gasteiger partial charge in [0.15, 0.2) is 0 Å². The minimum Gasteiger partial charge on any atom is -0.285 e. The third-order valence-electron chi connectivity index (χ3n) is 2.59. The average Bonchev–Trinajstić information content (AvgIpc) is 2.04. The fourth-order valence-electron chi connectivity index (χ4n) is 1.72. The van der Waals surface area contributed by atoms with Gasteiger partial charge in [-0.3, -0.25) is 4.55 Å². The van der Waals surface area contributed by atoms with Crippen molar-refractivity contribution in [1.82, 2.24) is 0 Å². The van der Waals surface area contributed by atoms with Gasteiger partial charge >= 0.3 is 0 Å². The summed E-state index contributed by atoms with van der Waals surface area (Å²) in [5.41, 5.74) is 0. The molecule has 0 unspecified atom stereocenters. The quantitative estimate of drug-likeness (QED) is 0.533. The molecule has 0 aromatic carbocycles. The molecule has 0 bridgehead atoms. The summed E-state index contributed by atoms with van der Waals surface area (Å²) in [6.07, 6.45) is 5.15. The van der Waals surface area contributed by atoms with Gasteiger partial charge < -0.3 is 0 Å². The van der Waals surface area contributed by atoms with E-state index in [0.29, 0.717) is 12.8 Å². The Morgan fingerprint density at radius 1 is 1.25 bits per heavy atom. The smallest absolute Gasteiger partial charge is 0.274 e. The maximum Gasteiger partial charge on any atom is 0.274 e. The lowest BCUT2D eigenvalue weighted by molar-refractivity contribution is 0.381. The van der Waals surface area contributed by atoms with Gasteiger partial charge in [0.2, 0.25) is 0 Å². The molecule has 1 aliphatic rings. The van der Waals surface area contributed by atoms with Crippen molar-refractivity contribution in [3.63, 3.8) is 0 Å². The van der Waals surface area contributed by atoms with Crippen LogP contribution in [0.4, 0.5) is 0 Å². The van der Waals surface area contributed by atoms with Crippen LogP contribution in [0.25, 0.3) is 0 Å². The van der Waals surface area contributed by atoms with Gasteiger partial charge in [-0.1, -0.05) is 25.3 Å². The van der Waals surface area contributed by atoms with Gasteiger partial charge in [0.1, 0.15) is 4.75 Å². The van der Waals surface area contributed by atoms with Gasteiger partial charge in [-0.15, -0.1) is 6.58 Å². The first-order valence-electron chi connectivity index (χ1n) is 4.12. The van der Waals surface area contributed by atoms with Crippen molar-refractivity contribution < 1.29 is 13.0 Å². The van der Waals surface area contributed by atoms with E-state index in [4.69, 9.17) is 4.55 Å². The summed E-state index contributed by atoms with van der Waals surface area (Å²) in [6.45, 7) is 3.48. The molecule has 0 amide bonds. The van der Waals surface area contributed by atoms with Crippen LogP contribution in [0.5, 0.6) is 0 Å². The molecule has 1 saturated carbocycles. The van der Waals surface area contributed by atoms with E-state index in [1.807, 2.05) is 0 Å². The van der Waals surface area contributed by atoms with Crippen molar-refractivity contribution in [2.45, 2.75) is 36.9 Å². The molecule has 3 nitrogen and oxygen atoms in total. The molecule has 0 aromatic rings. The van der Waals surface area contributed by atoms with E-state index < -0.39 is 14.9 Å². The Kier molecular flexibility index (Phi) is 2.58. The van der Waals surface area contributed by atoms with E-state index in [1.165, 1.54) is 6.08 Å². The fourth-order valence-corrected chi connectivity index (χ4v) is 2.73. The number of rotatable bonds is 2. The zero-order valence-corrected chi connectivity index (χ0v) is 7.81. The summed E-state index contributed by atoms with van der Waals surface area (Å²) < 4.78 is 30.0. The lowest BCUT2D eigenvalue weighted by Crippen LogP contribution is -2.37. The van der Waals surface area contributed by atoms with Crippen molar-refractivity contribution in [2.75, 3.05) is 0 Å². The zero-order chi connectivity index (χ0) is 9.24. The maximum absolute atomic E-state index is 11.0.